The number of hydrogen-bond acceptors (Lipinski definition) is 4. The fraction of sp³-hybridized carbons (Fsp3) is 0.300. The van der Waals surface area contributed by atoms with Crippen molar-refractivity contribution in [2.75, 3.05) is 5.32 Å². The van der Waals surface area contributed by atoms with Crippen LogP contribution in [0.25, 0.3) is 0 Å². The summed E-state index contributed by atoms with van der Waals surface area (Å²) in [6.07, 6.45) is 2.16. The van der Waals surface area contributed by atoms with Crippen molar-refractivity contribution in [1.29, 1.82) is 0 Å². The van der Waals surface area contributed by atoms with E-state index in [9.17, 15) is 0 Å². The summed E-state index contributed by atoms with van der Waals surface area (Å²) in [5.74, 6) is 5.91. The molecule has 100 valence electrons. The van der Waals surface area contributed by atoms with Gasteiger partial charge in [-0.25, -0.2) is 10.8 Å². The Balaban J connectivity index is 1.97. The minimum atomic E-state index is 0.327. The molecule has 19 heavy (non-hydrogen) atoms. The van der Waals surface area contributed by atoms with Crippen molar-refractivity contribution in [1.82, 2.24) is 5.43 Å². The minimum absolute atomic E-state index is 0.327. The van der Waals surface area contributed by atoms with Crippen LogP contribution >= 0.6 is 23.2 Å². The Kier molecular flexibility index (Phi) is 3.44. The highest BCUT2D eigenvalue weighted by molar-refractivity contribution is 7.58. The van der Waals surface area contributed by atoms with Gasteiger partial charge >= 0.3 is 0 Å². The largest absolute Gasteiger partial charge is 0.322 e. The lowest BCUT2D eigenvalue weighted by Crippen LogP contribution is -2.36. The van der Waals surface area contributed by atoms with E-state index in [0.717, 1.165) is 24.2 Å². The molecule has 0 amide bonds. The second kappa shape index (κ2) is 5.09. The highest BCUT2D eigenvalue weighted by Gasteiger charge is 2.23. The van der Waals surface area contributed by atoms with Gasteiger partial charge in [0.1, 0.15) is 11.4 Å². The SMILES string of the molecule is NNC(=NC1CC1)Nc1c(Cl)cc(Cl)c2c1N=S=N2. The second-order valence-electron chi connectivity index (χ2n) is 4.15. The van der Waals surface area contributed by atoms with Gasteiger partial charge in [0.25, 0.3) is 0 Å². The standard InChI is InChI=1S/C10H10Cl2N6S/c11-5-3-6(12)8-9(18-19-17-8)7(5)15-10(16-13)14-4-1-2-4/h3-4H,1-2,13H2,(H2,14,15,16). The first-order chi connectivity index (χ1) is 9.19. The number of fused-ring (bicyclic) bond motifs is 1. The Morgan fingerprint density at radius 2 is 2.05 bits per heavy atom. The fourth-order valence-corrected chi connectivity index (χ4v) is 2.76. The van der Waals surface area contributed by atoms with E-state index in [0.29, 0.717) is 39.1 Å². The fourth-order valence-electron chi connectivity index (χ4n) is 1.60. The molecule has 1 saturated carbocycles. The van der Waals surface area contributed by atoms with E-state index in [-0.39, 0.29) is 0 Å². The van der Waals surface area contributed by atoms with Gasteiger partial charge in [-0.1, -0.05) is 23.2 Å². The van der Waals surface area contributed by atoms with Crippen LogP contribution in [0, 0.1) is 0 Å². The Labute approximate surface area is 123 Å². The van der Waals surface area contributed by atoms with Crippen LogP contribution < -0.4 is 16.6 Å². The highest BCUT2D eigenvalue weighted by Crippen LogP contribution is 2.47. The first-order valence-corrected chi connectivity index (χ1v) is 7.09. The van der Waals surface area contributed by atoms with Gasteiger partial charge < -0.3 is 5.32 Å². The van der Waals surface area contributed by atoms with E-state index in [1.54, 1.807) is 6.07 Å². The summed E-state index contributed by atoms with van der Waals surface area (Å²) in [5, 5.41) is 3.97. The number of nitrogens with zero attached hydrogens (tertiary/aromatic N) is 3. The first kappa shape index (κ1) is 12.9. The number of guanidine groups is 1. The van der Waals surface area contributed by atoms with E-state index >= 15 is 0 Å². The van der Waals surface area contributed by atoms with E-state index in [1.807, 2.05) is 0 Å². The molecule has 0 spiro atoms. The van der Waals surface area contributed by atoms with Crippen molar-refractivity contribution in [3.8, 4) is 0 Å². The molecular weight excluding hydrogens is 307 g/mol. The molecule has 6 nitrogen and oxygen atoms in total. The lowest BCUT2D eigenvalue weighted by molar-refractivity contribution is 0.966. The topological polar surface area (TPSA) is 87.2 Å². The Morgan fingerprint density at radius 1 is 1.32 bits per heavy atom. The second-order valence-corrected chi connectivity index (χ2v) is 5.50. The van der Waals surface area contributed by atoms with Crippen molar-refractivity contribution in [2.45, 2.75) is 18.9 Å². The van der Waals surface area contributed by atoms with Gasteiger partial charge in [0.2, 0.25) is 5.96 Å². The number of benzene rings is 1. The molecule has 2 aliphatic rings. The first-order valence-electron chi connectivity index (χ1n) is 5.60. The van der Waals surface area contributed by atoms with Gasteiger partial charge in [0, 0.05) is 0 Å². The van der Waals surface area contributed by atoms with Crippen molar-refractivity contribution in [2.24, 2.45) is 19.6 Å². The molecule has 1 fully saturated rings. The summed E-state index contributed by atoms with van der Waals surface area (Å²) in [6, 6.07) is 1.95. The number of nitrogens with one attached hydrogen (secondary N) is 2. The molecule has 1 aromatic rings. The summed E-state index contributed by atoms with van der Waals surface area (Å²) in [4.78, 5) is 4.39. The summed E-state index contributed by atoms with van der Waals surface area (Å²) in [7, 11) is 0. The monoisotopic (exact) mass is 316 g/mol. The summed E-state index contributed by atoms with van der Waals surface area (Å²) in [6.45, 7) is 0. The summed E-state index contributed by atoms with van der Waals surface area (Å²) in [5.41, 5.74) is 4.35. The quantitative estimate of drug-likeness (QED) is 0.344. The smallest absolute Gasteiger partial charge is 0.210 e. The molecular formula is C10H10Cl2N6S. The van der Waals surface area contributed by atoms with Gasteiger partial charge in [0.05, 0.1) is 33.1 Å². The van der Waals surface area contributed by atoms with Crippen LogP contribution in [0.15, 0.2) is 19.8 Å². The molecule has 0 bridgehead atoms. The third kappa shape index (κ3) is 2.59. The molecule has 4 N–H and O–H groups in total. The maximum Gasteiger partial charge on any atom is 0.210 e. The maximum atomic E-state index is 6.18. The number of rotatable bonds is 2. The number of aliphatic imine (C=N–C) groups is 1. The summed E-state index contributed by atoms with van der Waals surface area (Å²) < 4.78 is 8.33. The van der Waals surface area contributed by atoms with E-state index in [4.69, 9.17) is 29.0 Å². The van der Waals surface area contributed by atoms with Gasteiger partial charge in [-0.3, -0.25) is 5.43 Å². The van der Waals surface area contributed by atoms with Crippen LogP contribution in [0.1, 0.15) is 12.8 Å². The number of anilines is 1. The zero-order chi connectivity index (χ0) is 13.4. The molecule has 0 aromatic heterocycles. The van der Waals surface area contributed by atoms with Crippen LogP contribution in [0.3, 0.4) is 0 Å². The third-order valence-electron chi connectivity index (χ3n) is 2.68. The molecule has 0 unspecified atom stereocenters. The zero-order valence-corrected chi connectivity index (χ0v) is 12.0. The van der Waals surface area contributed by atoms with Crippen LogP contribution in [0.5, 0.6) is 0 Å². The molecule has 9 heteroatoms. The number of halogens is 2. The lowest BCUT2D eigenvalue weighted by atomic mass is 10.2. The van der Waals surface area contributed by atoms with Gasteiger partial charge in [-0.05, 0) is 18.9 Å². The van der Waals surface area contributed by atoms with Gasteiger partial charge in [0.15, 0.2) is 0 Å². The normalized spacial score (nSPS) is 17.1. The maximum absolute atomic E-state index is 6.18. The molecule has 1 heterocycles. The van der Waals surface area contributed by atoms with Crippen molar-refractivity contribution in [3.05, 3.63) is 16.1 Å². The van der Waals surface area contributed by atoms with Crippen LogP contribution in [-0.4, -0.2) is 12.0 Å². The lowest BCUT2D eigenvalue weighted by Gasteiger charge is -2.13. The van der Waals surface area contributed by atoms with E-state index in [2.05, 4.69) is 24.5 Å². The van der Waals surface area contributed by atoms with E-state index in [1.165, 1.54) is 0 Å². The highest BCUT2D eigenvalue weighted by atomic mass is 35.5. The van der Waals surface area contributed by atoms with Gasteiger partial charge in [-0.15, -0.1) is 0 Å². The zero-order valence-electron chi connectivity index (χ0n) is 9.65. The third-order valence-corrected chi connectivity index (χ3v) is 3.80. The van der Waals surface area contributed by atoms with Crippen molar-refractivity contribution >= 4 is 57.6 Å². The van der Waals surface area contributed by atoms with Crippen LogP contribution in [-0.2, 0) is 11.4 Å². The van der Waals surface area contributed by atoms with E-state index < -0.39 is 0 Å². The van der Waals surface area contributed by atoms with Crippen LogP contribution in [0.2, 0.25) is 10.0 Å². The average Bonchev–Trinajstić information content (AvgIpc) is 3.06. The van der Waals surface area contributed by atoms with Crippen LogP contribution in [0.4, 0.5) is 17.1 Å². The Morgan fingerprint density at radius 3 is 2.74 bits per heavy atom. The van der Waals surface area contributed by atoms with Gasteiger partial charge in [-0.2, -0.15) is 8.73 Å². The predicted octanol–water partition coefficient (Wildman–Crippen LogP) is 3.11. The minimum Gasteiger partial charge on any atom is -0.322 e. The predicted molar refractivity (Wildman–Crippen MR) is 79.4 cm³/mol. The number of hydrazine groups is 1. The Hall–Kier alpha value is -1.15. The Bertz CT molecular complexity index is 633. The molecule has 0 atom stereocenters. The van der Waals surface area contributed by atoms with Crippen molar-refractivity contribution < 1.29 is 0 Å². The number of hydrogen-bond donors (Lipinski definition) is 3. The molecule has 0 radical (unpaired) electrons. The van der Waals surface area contributed by atoms with Crippen molar-refractivity contribution in [3.63, 3.8) is 0 Å². The molecule has 1 aromatic carbocycles. The molecule has 3 rings (SSSR count). The summed E-state index contributed by atoms with van der Waals surface area (Å²) >= 11 is 13.3. The molecule has 0 saturated heterocycles. The number of nitrogens with two attached hydrogens (primary N) is 1. The molecule has 1 aliphatic carbocycles. The average molecular weight is 317 g/mol. The molecule has 1 aliphatic heterocycles.